The highest BCUT2D eigenvalue weighted by atomic mass is 32.2. The van der Waals surface area contributed by atoms with Crippen LogP contribution in [0.15, 0.2) is 29.4 Å². The second kappa shape index (κ2) is 6.68. The standard InChI is InChI=1S/C15H20N4O2S/c1-21-12-4-2-3-11(7-12)19-14(8-16)17-18-15(19)22-9-13(20)10-5-6-10/h2-4,7,10,13,20H,5-6,8-9,16H2,1H3/t13-/m0/s1. The SMILES string of the molecule is COc1cccc(-n2c(CN)nnc2SC[C@H](O)C2CC2)c1. The number of aliphatic hydroxyl groups is 1. The van der Waals surface area contributed by atoms with Gasteiger partial charge in [0.05, 0.1) is 25.4 Å². The van der Waals surface area contributed by atoms with Gasteiger partial charge in [0.2, 0.25) is 0 Å². The first kappa shape index (κ1) is 15.3. The molecule has 6 nitrogen and oxygen atoms in total. The molecule has 1 saturated carbocycles. The highest BCUT2D eigenvalue weighted by Crippen LogP contribution is 2.35. The molecule has 0 unspecified atom stereocenters. The number of methoxy groups -OCH3 is 1. The summed E-state index contributed by atoms with van der Waals surface area (Å²) in [5.74, 6) is 2.53. The molecule has 2 aromatic rings. The molecule has 1 aromatic carbocycles. The largest absolute Gasteiger partial charge is 0.497 e. The van der Waals surface area contributed by atoms with E-state index in [9.17, 15) is 5.11 Å². The van der Waals surface area contributed by atoms with Crippen molar-refractivity contribution in [2.24, 2.45) is 11.7 Å². The summed E-state index contributed by atoms with van der Waals surface area (Å²) in [5, 5.41) is 19.1. The molecule has 0 bridgehead atoms. The van der Waals surface area contributed by atoms with Crippen LogP contribution >= 0.6 is 11.8 Å². The zero-order valence-electron chi connectivity index (χ0n) is 12.5. The molecule has 0 amide bonds. The molecule has 0 saturated heterocycles. The van der Waals surface area contributed by atoms with Gasteiger partial charge in [-0.25, -0.2) is 0 Å². The van der Waals surface area contributed by atoms with Crippen molar-refractivity contribution in [3.63, 3.8) is 0 Å². The number of aliphatic hydroxyl groups excluding tert-OH is 1. The number of benzene rings is 1. The molecule has 1 aliphatic rings. The third-order valence-electron chi connectivity index (χ3n) is 3.74. The molecule has 1 atom stereocenters. The van der Waals surface area contributed by atoms with Gasteiger partial charge in [-0.15, -0.1) is 10.2 Å². The maximum atomic E-state index is 10.0. The molecule has 1 aliphatic carbocycles. The summed E-state index contributed by atoms with van der Waals surface area (Å²) in [6, 6.07) is 7.69. The predicted octanol–water partition coefficient (Wildman–Crippen LogP) is 1.60. The number of thioether (sulfide) groups is 1. The molecule has 22 heavy (non-hydrogen) atoms. The van der Waals surface area contributed by atoms with Crippen LogP contribution in [0, 0.1) is 5.92 Å². The number of rotatable bonds is 7. The van der Waals surface area contributed by atoms with E-state index in [1.165, 1.54) is 11.8 Å². The van der Waals surface area contributed by atoms with Gasteiger partial charge in [0.1, 0.15) is 5.75 Å². The molecule has 3 rings (SSSR count). The van der Waals surface area contributed by atoms with Crippen LogP contribution in [0.1, 0.15) is 18.7 Å². The normalized spacial score (nSPS) is 15.8. The van der Waals surface area contributed by atoms with E-state index in [4.69, 9.17) is 10.5 Å². The van der Waals surface area contributed by atoms with Gasteiger partial charge < -0.3 is 15.6 Å². The van der Waals surface area contributed by atoms with Crippen molar-refractivity contribution in [1.29, 1.82) is 0 Å². The lowest BCUT2D eigenvalue weighted by atomic mass is 10.3. The number of ether oxygens (including phenoxy) is 1. The first-order valence-electron chi connectivity index (χ1n) is 7.32. The van der Waals surface area contributed by atoms with E-state index in [1.54, 1.807) is 7.11 Å². The van der Waals surface area contributed by atoms with E-state index in [2.05, 4.69) is 10.2 Å². The van der Waals surface area contributed by atoms with Crippen molar-refractivity contribution in [3.05, 3.63) is 30.1 Å². The monoisotopic (exact) mass is 320 g/mol. The Morgan fingerprint density at radius 1 is 1.45 bits per heavy atom. The molecule has 1 aromatic heterocycles. The average molecular weight is 320 g/mol. The van der Waals surface area contributed by atoms with Crippen LogP contribution in [0.5, 0.6) is 5.75 Å². The van der Waals surface area contributed by atoms with Crippen LogP contribution in [-0.4, -0.2) is 38.8 Å². The summed E-state index contributed by atoms with van der Waals surface area (Å²) in [6.07, 6.45) is 1.97. The van der Waals surface area contributed by atoms with Crippen molar-refractivity contribution in [3.8, 4) is 11.4 Å². The zero-order valence-corrected chi connectivity index (χ0v) is 13.3. The maximum Gasteiger partial charge on any atom is 0.195 e. The third-order valence-corrected chi connectivity index (χ3v) is 4.77. The van der Waals surface area contributed by atoms with Crippen molar-refractivity contribution in [1.82, 2.24) is 14.8 Å². The lowest BCUT2D eigenvalue weighted by molar-refractivity contribution is 0.176. The Labute approximate surface area is 133 Å². The molecule has 7 heteroatoms. The minimum Gasteiger partial charge on any atom is -0.497 e. The fraction of sp³-hybridized carbons (Fsp3) is 0.467. The van der Waals surface area contributed by atoms with E-state index < -0.39 is 0 Å². The summed E-state index contributed by atoms with van der Waals surface area (Å²) in [7, 11) is 1.64. The highest BCUT2D eigenvalue weighted by molar-refractivity contribution is 7.99. The number of aromatic nitrogens is 3. The molecule has 1 fully saturated rings. The summed E-state index contributed by atoms with van der Waals surface area (Å²) < 4.78 is 7.20. The Morgan fingerprint density at radius 2 is 2.27 bits per heavy atom. The number of hydrogen-bond acceptors (Lipinski definition) is 6. The molecule has 0 aliphatic heterocycles. The van der Waals surface area contributed by atoms with Crippen molar-refractivity contribution >= 4 is 11.8 Å². The van der Waals surface area contributed by atoms with Gasteiger partial charge in [-0.05, 0) is 30.9 Å². The van der Waals surface area contributed by atoms with E-state index in [0.29, 0.717) is 24.0 Å². The Morgan fingerprint density at radius 3 is 2.95 bits per heavy atom. The molecular weight excluding hydrogens is 300 g/mol. The van der Waals surface area contributed by atoms with Crippen LogP contribution in [0.3, 0.4) is 0 Å². The molecule has 0 radical (unpaired) electrons. The summed E-state index contributed by atoms with van der Waals surface area (Å²) in [4.78, 5) is 0. The van der Waals surface area contributed by atoms with Crippen LogP contribution in [0.4, 0.5) is 0 Å². The van der Waals surface area contributed by atoms with Gasteiger partial charge in [0, 0.05) is 11.8 Å². The predicted molar refractivity (Wildman–Crippen MR) is 85.3 cm³/mol. The fourth-order valence-corrected chi connectivity index (χ4v) is 3.34. The second-order valence-corrected chi connectivity index (χ2v) is 6.34. The van der Waals surface area contributed by atoms with E-state index >= 15 is 0 Å². The Kier molecular flexibility index (Phi) is 4.66. The molecule has 0 spiro atoms. The Balaban J connectivity index is 1.85. The van der Waals surface area contributed by atoms with E-state index in [1.807, 2.05) is 28.8 Å². The van der Waals surface area contributed by atoms with Gasteiger partial charge in [-0.1, -0.05) is 17.8 Å². The van der Waals surface area contributed by atoms with Crippen LogP contribution < -0.4 is 10.5 Å². The van der Waals surface area contributed by atoms with Crippen molar-refractivity contribution in [2.75, 3.05) is 12.9 Å². The van der Waals surface area contributed by atoms with Gasteiger partial charge in [0.25, 0.3) is 0 Å². The summed E-state index contributed by atoms with van der Waals surface area (Å²) >= 11 is 1.51. The van der Waals surface area contributed by atoms with E-state index in [-0.39, 0.29) is 6.10 Å². The quantitative estimate of drug-likeness (QED) is 0.754. The topological polar surface area (TPSA) is 86.2 Å². The van der Waals surface area contributed by atoms with Crippen molar-refractivity contribution in [2.45, 2.75) is 30.6 Å². The fourth-order valence-electron chi connectivity index (χ4n) is 2.31. The maximum absolute atomic E-state index is 10.0. The zero-order chi connectivity index (χ0) is 15.5. The smallest absolute Gasteiger partial charge is 0.195 e. The number of hydrogen-bond donors (Lipinski definition) is 2. The minimum absolute atomic E-state index is 0.276. The molecule has 118 valence electrons. The lowest BCUT2D eigenvalue weighted by Gasteiger charge is -2.12. The number of nitrogens with zero attached hydrogens (tertiary/aromatic N) is 3. The van der Waals surface area contributed by atoms with Gasteiger partial charge >= 0.3 is 0 Å². The van der Waals surface area contributed by atoms with Gasteiger partial charge in [-0.2, -0.15) is 0 Å². The average Bonchev–Trinajstić information content (AvgIpc) is 3.32. The Hall–Kier alpha value is -1.57. The minimum atomic E-state index is -0.276. The van der Waals surface area contributed by atoms with E-state index in [0.717, 1.165) is 29.4 Å². The number of nitrogens with two attached hydrogens (primary N) is 1. The Bertz CT molecular complexity index is 642. The third kappa shape index (κ3) is 3.26. The first-order valence-corrected chi connectivity index (χ1v) is 8.31. The summed E-state index contributed by atoms with van der Waals surface area (Å²) in [5.41, 5.74) is 6.68. The van der Waals surface area contributed by atoms with Crippen molar-refractivity contribution < 1.29 is 9.84 Å². The van der Waals surface area contributed by atoms with Gasteiger partial charge in [0.15, 0.2) is 11.0 Å². The highest BCUT2D eigenvalue weighted by Gasteiger charge is 2.30. The van der Waals surface area contributed by atoms with Gasteiger partial charge in [-0.3, -0.25) is 4.57 Å². The summed E-state index contributed by atoms with van der Waals surface area (Å²) in [6.45, 7) is 0.302. The first-order chi connectivity index (χ1) is 10.7. The second-order valence-electron chi connectivity index (χ2n) is 5.36. The molecular formula is C15H20N4O2S. The van der Waals surface area contributed by atoms with Crippen LogP contribution in [0.25, 0.3) is 5.69 Å². The van der Waals surface area contributed by atoms with Crippen LogP contribution in [-0.2, 0) is 6.54 Å². The lowest BCUT2D eigenvalue weighted by Crippen LogP contribution is -2.13. The van der Waals surface area contributed by atoms with Crippen LogP contribution in [0.2, 0.25) is 0 Å². The molecule has 1 heterocycles. The molecule has 3 N–H and O–H groups in total.